The van der Waals surface area contributed by atoms with Gasteiger partial charge in [-0.05, 0) is 34.6 Å². The average molecular weight is 310 g/mol. The molecule has 0 N–H and O–H groups in total. The molecule has 1 atom stereocenters. The highest BCUT2D eigenvalue weighted by Gasteiger charge is 2.15. The summed E-state index contributed by atoms with van der Waals surface area (Å²) in [6.45, 7) is 10.8. The first kappa shape index (κ1) is 15.9. The van der Waals surface area contributed by atoms with Gasteiger partial charge in [-0.1, -0.05) is 0 Å². The molecule has 0 radical (unpaired) electrons. The zero-order chi connectivity index (χ0) is 15.6. The minimum absolute atomic E-state index is 0.00930. The molecule has 2 aromatic heterocycles. The molecule has 6 nitrogen and oxygen atoms in total. The summed E-state index contributed by atoms with van der Waals surface area (Å²) in [4.78, 5) is 16.9. The van der Waals surface area contributed by atoms with Crippen molar-refractivity contribution in [3.63, 3.8) is 0 Å². The van der Waals surface area contributed by atoms with Gasteiger partial charge in [0.15, 0.2) is 0 Å². The molecule has 0 aliphatic heterocycles. The van der Waals surface area contributed by atoms with Gasteiger partial charge in [-0.15, -0.1) is 11.3 Å². The largest absolute Gasteiger partial charge is 0.372 e. The summed E-state index contributed by atoms with van der Waals surface area (Å²) >= 11 is 1.56. The van der Waals surface area contributed by atoms with Gasteiger partial charge in [0.2, 0.25) is 0 Å². The molecule has 0 fully saturated rings. The normalized spacial score (nSPS) is 13.0. The van der Waals surface area contributed by atoms with Gasteiger partial charge in [-0.3, -0.25) is 4.57 Å². The third-order valence-electron chi connectivity index (χ3n) is 3.21. The Morgan fingerprint density at radius 2 is 2.10 bits per heavy atom. The van der Waals surface area contributed by atoms with Crippen molar-refractivity contribution in [2.24, 2.45) is 0 Å². The lowest BCUT2D eigenvalue weighted by molar-refractivity contribution is 0.0761. The van der Waals surface area contributed by atoms with Crippen LogP contribution in [-0.4, -0.2) is 25.9 Å². The van der Waals surface area contributed by atoms with Gasteiger partial charge >= 0.3 is 5.69 Å². The zero-order valence-electron chi connectivity index (χ0n) is 13.2. The van der Waals surface area contributed by atoms with Crippen molar-refractivity contribution < 1.29 is 4.74 Å². The molecule has 2 aromatic rings. The number of hydrogen-bond acceptors (Lipinski definition) is 5. The van der Waals surface area contributed by atoms with E-state index in [0.717, 1.165) is 10.7 Å². The van der Waals surface area contributed by atoms with Crippen LogP contribution in [0.25, 0.3) is 0 Å². The van der Waals surface area contributed by atoms with Crippen molar-refractivity contribution in [3.05, 3.63) is 32.4 Å². The number of hydrogen-bond donors (Lipinski definition) is 0. The van der Waals surface area contributed by atoms with Crippen molar-refractivity contribution in [3.8, 4) is 0 Å². The first-order valence-electron chi connectivity index (χ1n) is 7.15. The summed E-state index contributed by atoms with van der Waals surface area (Å²) in [6.07, 6.45) is -0.00930. The van der Waals surface area contributed by atoms with Gasteiger partial charge in [-0.2, -0.15) is 5.10 Å². The molecule has 116 valence electrons. The van der Waals surface area contributed by atoms with Gasteiger partial charge < -0.3 is 4.74 Å². The number of ether oxygens (including phenoxy) is 1. The minimum Gasteiger partial charge on any atom is -0.372 e. The van der Waals surface area contributed by atoms with Gasteiger partial charge in [0.25, 0.3) is 0 Å². The second-order valence-electron chi connectivity index (χ2n) is 5.23. The molecule has 0 amide bonds. The van der Waals surface area contributed by atoms with E-state index >= 15 is 0 Å². The summed E-state index contributed by atoms with van der Waals surface area (Å²) in [6, 6.07) is 0.0569. The van der Waals surface area contributed by atoms with E-state index in [1.54, 1.807) is 15.9 Å². The van der Waals surface area contributed by atoms with Crippen molar-refractivity contribution in [2.45, 2.75) is 53.3 Å². The number of aromatic nitrogens is 4. The van der Waals surface area contributed by atoms with E-state index < -0.39 is 0 Å². The maximum Gasteiger partial charge on any atom is 0.346 e. The van der Waals surface area contributed by atoms with Crippen LogP contribution in [0.4, 0.5) is 0 Å². The Morgan fingerprint density at radius 1 is 1.38 bits per heavy atom. The van der Waals surface area contributed by atoms with Crippen LogP contribution in [-0.2, 0) is 11.3 Å². The molecule has 0 aliphatic carbocycles. The van der Waals surface area contributed by atoms with Crippen molar-refractivity contribution in [2.75, 3.05) is 6.61 Å². The highest BCUT2D eigenvalue weighted by molar-refractivity contribution is 7.09. The van der Waals surface area contributed by atoms with E-state index in [1.165, 1.54) is 4.68 Å². The molecule has 21 heavy (non-hydrogen) atoms. The highest BCUT2D eigenvalue weighted by Crippen LogP contribution is 2.21. The fraction of sp³-hybridized carbons (Fsp3) is 0.643. The Hall–Kier alpha value is -1.47. The Balaban J connectivity index is 2.21. The van der Waals surface area contributed by atoms with Crippen molar-refractivity contribution >= 4 is 11.3 Å². The van der Waals surface area contributed by atoms with Crippen molar-refractivity contribution in [1.29, 1.82) is 0 Å². The molecule has 0 spiro atoms. The smallest absolute Gasteiger partial charge is 0.346 e. The zero-order valence-corrected chi connectivity index (χ0v) is 14.0. The van der Waals surface area contributed by atoms with E-state index in [0.29, 0.717) is 19.0 Å². The van der Waals surface area contributed by atoms with Crippen LogP contribution in [0.1, 0.15) is 56.4 Å². The first-order valence-corrected chi connectivity index (χ1v) is 8.03. The van der Waals surface area contributed by atoms with Crippen LogP contribution in [0.5, 0.6) is 0 Å². The van der Waals surface area contributed by atoms with E-state index in [2.05, 4.69) is 10.1 Å². The number of nitrogens with zero attached hydrogens (tertiary/aromatic N) is 4. The molecule has 0 aliphatic rings. The van der Waals surface area contributed by atoms with Crippen LogP contribution < -0.4 is 5.69 Å². The van der Waals surface area contributed by atoms with Gasteiger partial charge in [0.05, 0.1) is 18.3 Å². The fourth-order valence-corrected chi connectivity index (χ4v) is 2.91. The molecule has 2 rings (SSSR count). The van der Waals surface area contributed by atoms with E-state index in [4.69, 9.17) is 4.74 Å². The van der Waals surface area contributed by atoms with Gasteiger partial charge in [0, 0.05) is 12.0 Å². The number of rotatable bonds is 6. The van der Waals surface area contributed by atoms with E-state index in [1.807, 2.05) is 40.0 Å². The monoisotopic (exact) mass is 310 g/mol. The summed E-state index contributed by atoms with van der Waals surface area (Å²) in [5, 5.41) is 7.21. The quantitative estimate of drug-likeness (QED) is 0.822. The van der Waals surface area contributed by atoms with Crippen LogP contribution >= 0.6 is 11.3 Å². The Kier molecular flexibility index (Phi) is 4.95. The average Bonchev–Trinajstić information content (AvgIpc) is 2.99. The maximum atomic E-state index is 12.3. The molecule has 2 heterocycles. The Morgan fingerprint density at radius 3 is 2.67 bits per heavy atom. The molecule has 1 unspecified atom stereocenters. The lowest BCUT2D eigenvalue weighted by Crippen LogP contribution is -2.27. The maximum absolute atomic E-state index is 12.3. The third-order valence-corrected chi connectivity index (χ3v) is 4.27. The van der Waals surface area contributed by atoms with Crippen LogP contribution in [0, 0.1) is 6.92 Å². The lowest BCUT2D eigenvalue weighted by Gasteiger charge is -2.07. The topological polar surface area (TPSA) is 61.9 Å². The second-order valence-corrected chi connectivity index (χ2v) is 6.12. The van der Waals surface area contributed by atoms with Gasteiger partial charge in [-0.25, -0.2) is 14.5 Å². The highest BCUT2D eigenvalue weighted by atomic mass is 32.1. The first-order chi connectivity index (χ1) is 9.93. The van der Waals surface area contributed by atoms with Crippen molar-refractivity contribution in [1.82, 2.24) is 19.3 Å². The summed E-state index contributed by atoms with van der Waals surface area (Å²) in [5.41, 5.74) is 0.782. The molecule has 0 aromatic carbocycles. The molecule has 7 heteroatoms. The molecular weight excluding hydrogens is 288 g/mol. The molecular formula is C14H22N4O2S. The fourth-order valence-electron chi connectivity index (χ4n) is 2.10. The minimum atomic E-state index is -0.0880. The number of aryl methyl sites for hydroxylation is 1. The van der Waals surface area contributed by atoms with Crippen LogP contribution in [0.2, 0.25) is 0 Å². The Labute approximate surface area is 128 Å². The predicted octanol–water partition coefficient (Wildman–Crippen LogP) is 2.54. The van der Waals surface area contributed by atoms with E-state index in [9.17, 15) is 4.79 Å². The van der Waals surface area contributed by atoms with E-state index in [-0.39, 0.29) is 17.8 Å². The SMILES string of the molecule is CCOC(C)c1nc(Cn2c(C)nn(C(C)C)c2=O)cs1. The molecule has 0 bridgehead atoms. The van der Waals surface area contributed by atoms with Crippen LogP contribution in [0.3, 0.4) is 0 Å². The summed E-state index contributed by atoms with van der Waals surface area (Å²) < 4.78 is 8.70. The third kappa shape index (κ3) is 3.41. The number of thiazole rings is 1. The van der Waals surface area contributed by atoms with Crippen LogP contribution in [0.15, 0.2) is 10.2 Å². The standard InChI is InChI=1S/C14H22N4O2S/c1-6-20-10(4)13-15-12(8-21-13)7-17-11(5)16-18(9(2)3)14(17)19/h8-10H,6-7H2,1-5H3. The lowest BCUT2D eigenvalue weighted by atomic mass is 10.4. The summed E-state index contributed by atoms with van der Waals surface area (Å²) in [7, 11) is 0. The second kappa shape index (κ2) is 6.53. The summed E-state index contributed by atoms with van der Waals surface area (Å²) in [5.74, 6) is 0.709. The molecule has 0 saturated heterocycles. The van der Waals surface area contributed by atoms with Gasteiger partial charge in [0.1, 0.15) is 16.9 Å². The predicted molar refractivity (Wildman–Crippen MR) is 82.9 cm³/mol. The molecule has 0 saturated carbocycles. The Bertz CT molecular complexity index is 656.